The van der Waals surface area contributed by atoms with E-state index < -0.39 is 22.2 Å². The van der Waals surface area contributed by atoms with Crippen LogP contribution in [0.3, 0.4) is 0 Å². The molecule has 43 heavy (non-hydrogen) atoms. The van der Waals surface area contributed by atoms with Crippen LogP contribution in [0.1, 0.15) is 40.4 Å². The van der Waals surface area contributed by atoms with Crippen LogP contribution in [0, 0.1) is 0 Å². The second-order valence-electron chi connectivity index (χ2n) is 11.1. The Morgan fingerprint density at radius 3 is 2.16 bits per heavy atom. The molecule has 2 atom stereocenters. The number of nitrogens with one attached hydrogen (secondary N) is 1. The second kappa shape index (κ2) is 12.8. The molecular formula is C34H33Cl2N3O3S. The number of nitrogens with zero attached hydrogens (tertiary/aromatic N) is 2. The third-order valence-electron chi connectivity index (χ3n) is 8.45. The lowest BCUT2D eigenvalue weighted by Gasteiger charge is -2.43. The van der Waals surface area contributed by atoms with Gasteiger partial charge in [0.15, 0.2) is 0 Å². The van der Waals surface area contributed by atoms with Crippen molar-refractivity contribution in [3.8, 4) is 0 Å². The van der Waals surface area contributed by atoms with Crippen molar-refractivity contribution >= 4 is 39.1 Å². The molecule has 0 aromatic heterocycles. The molecule has 2 aliphatic rings. The molecule has 4 aromatic carbocycles. The van der Waals surface area contributed by atoms with Crippen LogP contribution in [0.15, 0.2) is 102 Å². The zero-order valence-corrected chi connectivity index (χ0v) is 26.0. The second-order valence-corrected chi connectivity index (χ2v) is 13.5. The predicted octanol–water partition coefficient (Wildman–Crippen LogP) is 6.41. The smallest absolute Gasteiger partial charge is 0.245 e. The molecule has 0 saturated heterocycles. The van der Waals surface area contributed by atoms with Crippen LogP contribution in [0.25, 0.3) is 0 Å². The number of hydrogen-bond acceptors (Lipinski definition) is 4. The van der Waals surface area contributed by atoms with Crippen LogP contribution < -0.4 is 4.72 Å². The Balaban J connectivity index is 1.38. The molecule has 0 spiro atoms. The molecule has 0 radical (unpaired) electrons. The van der Waals surface area contributed by atoms with E-state index in [4.69, 9.17) is 23.2 Å². The molecule has 0 aliphatic carbocycles. The Hall–Kier alpha value is -3.20. The van der Waals surface area contributed by atoms with Crippen molar-refractivity contribution in [1.29, 1.82) is 0 Å². The molecule has 9 heteroatoms. The Labute approximate surface area is 263 Å². The van der Waals surface area contributed by atoms with Gasteiger partial charge in [0.05, 0.1) is 16.1 Å². The predicted molar refractivity (Wildman–Crippen MR) is 170 cm³/mol. The van der Waals surface area contributed by atoms with E-state index in [1.165, 1.54) is 17.7 Å². The molecule has 2 heterocycles. The molecule has 6 nitrogen and oxygen atoms in total. The van der Waals surface area contributed by atoms with Gasteiger partial charge >= 0.3 is 0 Å². The molecule has 1 unspecified atom stereocenters. The first-order valence-electron chi connectivity index (χ1n) is 14.5. The van der Waals surface area contributed by atoms with Crippen LogP contribution in [0.4, 0.5) is 0 Å². The normalized spacial score (nSPS) is 17.6. The summed E-state index contributed by atoms with van der Waals surface area (Å²) in [5, 5.41) is 0.0821. The highest BCUT2D eigenvalue weighted by Gasteiger charge is 2.40. The molecule has 2 aliphatic heterocycles. The SMILES string of the molecule is O=C([C@@H](CCc1ccccc1)N1CCc2ccccc2C1NS(=O)(=O)c1c(Cl)cccc1Cl)N1CCc2ccccc2C1. The lowest BCUT2D eigenvalue weighted by molar-refractivity contribution is -0.139. The van der Waals surface area contributed by atoms with E-state index in [2.05, 4.69) is 29.0 Å². The van der Waals surface area contributed by atoms with Crippen molar-refractivity contribution in [3.63, 3.8) is 0 Å². The van der Waals surface area contributed by atoms with Crippen LogP contribution in [0.2, 0.25) is 10.0 Å². The summed E-state index contributed by atoms with van der Waals surface area (Å²) >= 11 is 12.7. The van der Waals surface area contributed by atoms with Gasteiger partial charge in [-0.1, -0.05) is 108 Å². The third kappa shape index (κ3) is 6.37. The van der Waals surface area contributed by atoms with Crippen molar-refractivity contribution in [1.82, 2.24) is 14.5 Å². The van der Waals surface area contributed by atoms with Crippen molar-refractivity contribution in [3.05, 3.63) is 135 Å². The Morgan fingerprint density at radius 2 is 1.42 bits per heavy atom. The molecule has 1 N–H and O–H groups in total. The minimum Gasteiger partial charge on any atom is -0.337 e. The van der Waals surface area contributed by atoms with Gasteiger partial charge in [0.2, 0.25) is 15.9 Å². The summed E-state index contributed by atoms with van der Waals surface area (Å²) in [5.41, 5.74) is 5.40. The number of rotatable bonds is 8. The molecule has 0 saturated carbocycles. The maximum Gasteiger partial charge on any atom is 0.245 e. The zero-order chi connectivity index (χ0) is 30.0. The van der Waals surface area contributed by atoms with Gasteiger partial charge in [0.1, 0.15) is 11.1 Å². The van der Waals surface area contributed by atoms with Crippen LogP contribution >= 0.6 is 23.2 Å². The first-order chi connectivity index (χ1) is 20.8. The summed E-state index contributed by atoms with van der Waals surface area (Å²) in [6.07, 6.45) is 1.91. The average molecular weight is 635 g/mol. The Morgan fingerprint density at radius 1 is 0.791 bits per heavy atom. The van der Waals surface area contributed by atoms with Gasteiger partial charge in [-0.2, -0.15) is 4.72 Å². The van der Waals surface area contributed by atoms with Gasteiger partial charge in [-0.3, -0.25) is 9.69 Å². The summed E-state index contributed by atoms with van der Waals surface area (Å²) in [7, 11) is -4.17. The highest BCUT2D eigenvalue weighted by atomic mass is 35.5. The van der Waals surface area contributed by atoms with Crippen molar-refractivity contribution in [2.24, 2.45) is 0 Å². The van der Waals surface area contributed by atoms with E-state index in [1.807, 2.05) is 64.4 Å². The lowest BCUT2D eigenvalue weighted by Crippen LogP contribution is -2.56. The fraction of sp³-hybridized carbons (Fsp3) is 0.265. The largest absolute Gasteiger partial charge is 0.337 e. The summed E-state index contributed by atoms with van der Waals surface area (Å²) in [5.74, 6) is 0.00443. The van der Waals surface area contributed by atoms with Gasteiger partial charge < -0.3 is 4.90 Å². The number of benzene rings is 4. The van der Waals surface area contributed by atoms with Crippen LogP contribution in [-0.2, 0) is 40.6 Å². The van der Waals surface area contributed by atoms with Gasteiger partial charge in [-0.05, 0) is 65.6 Å². The van der Waals surface area contributed by atoms with Gasteiger partial charge in [0, 0.05) is 19.6 Å². The number of hydrogen-bond donors (Lipinski definition) is 1. The van der Waals surface area contributed by atoms with E-state index in [9.17, 15) is 13.2 Å². The molecule has 0 fully saturated rings. The fourth-order valence-corrected chi connectivity index (χ4v) is 8.60. The van der Waals surface area contributed by atoms with Crippen molar-refractivity contribution in [2.45, 2.75) is 49.3 Å². The van der Waals surface area contributed by atoms with E-state index in [1.54, 1.807) is 6.07 Å². The van der Waals surface area contributed by atoms with Crippen molar-refractivity contribution in [2.75, 3.05) is 13.1 Å². The third-order valence-corrected chi connectivity index (χ3v) is 10.8. The van der Waals surface area contributed by atoms with Crippen molar-refractivity contribution < 1.29 is 13.2 Å². The number of sulfonamides is 1. The topological polar surface area (TPSA) is 69.7 Å². The monoisotopic (exact) mass is 633 g/mol. The van der Waals surface area contributed by atoms with Crippen LogP contribution in [0.5, 0.6) is 0 Å². The number of aryl methyl sites for hydroxylation is 1. The molecular weight excluding hydrogens is 601 g/mol. The quantitative estimate of drug-likeness (QED) is 0.243. The molecule has 0 bridgehead atoms. The molecule has 4 aromatic rings. The number of halogens is 2. The minimum atomic E-state index is -4.17. The number of carbonyl (C=O) groups excluding carboxylic acids is 1. The highest BCUT2D eigenvalue weighted by molar-refractivity contribution is 7.89. The standard InChI is InChI=1S/C34H33Cl2N3O3S/c35-29-15-8-16-30(36)32(29)43(41,42)37-33-28-14-7-6-12-26(28)20-22-39(33)31(18-17-24-9-2-1-3-10-24)34(40)38-21-19-25-11-4-5-13-27(25)23-38/h1-16,31,33,37H,17-23H2/t31-,33?/m1/s1. The Bertz CT molecular complexity index is 1710. The molecule has 6 rings (SSSR count). The maximum atomic E-state index is 14.5. The first kappa shape index (κ1) is 29.9. The minimum absolute atomic E-state index is 0.00443. The lowest BCUT2D eigenvalue weighted by atomic mass is 9.93. The van der Waals surface area contributed by atoms with E-state index in [0.717, 1.165) is 28.7 Å². The van der Waals surface area contributed by atoms with Gasteiger partial charge in [-0.15, -0.1) is 0 Å². The summed E-state index contributed by atoms with van der Waals surface area (Å²) in [6, 6.07) is 30.2. The highest BCUT2D eigenvalue weighted by Crippen LogP contribution is 2.36. The zero-order valence-electron chi connectivity index (χ0n) is 23.6. The molecule has 222 valence electrons. The van der Waals surface area contributed by atoms with E-state index >= 15 is 0 Å². The summed E-state index contributed by atoms with van der Waals surface area (Å²) in [6.45, 7) is 1.66. The number of carbonyl (C=O) groups is 1. The van der Waals surface area contributed by atoms with Gasteiger partial charge in [0.25, 0.3) is 0 Å². The van der Waals surface area contributed by atoms with Gasteiger partial charge in [-0.25, -0.2) is 8.42 Å². The average Bonchev–Trinajstić information content (AvgIpc) is 3.01. The first-order valence-corrected chi connectivity index (χ1v) is 16.7. The number of amides is 1. The van der Waals surface area contributed by atoms with E-state index in [-0.39, 0.29) is 20.8 Å². The fourth-order valence-electron chi connectivity index (χ4n) is 6.27. The Kier molecular flexibility index (Phi) is 8.89. The van der Waals surface area contributed by atoms with E-state index in [0.29, 0.717) is 38.9 Å². The number of fused-ring (bicyclic) bond motifs is 2. The summed E-state index contributed by atoms with van der Waals surface area (Å²) in [4.78, 5) is 18.3. The molecule has 1 amide bonds. The van der Waals surface area contributed by atoms with Crippen LogP contribution in [-0.4, -0.2) is 43.3 Å². The maximum absolute atomic E-state index is 14.5. The summed E-state index contributed by atoms with van der Waals surface area (Å²) < 4.78 is 30.7.